The first-order valence-corrected chi connectivity index (χ1v) is 10.6. The summed E-state index contributed by atoms with van der Waals surface area (Å²) in [5, 5.41) is 0. The Morgan fingerprint density at radius 1 is 1.17 bits per heavy atom. The van der Waals surface area contributed by atoms with Crippen molar-refractivity contribution in [3.63, 3.8) is 0 Å². The van der Waals surface area contributed by atoms with E-state index in [2.05, 4.69) is 0 Å². The summed E-state index contributed by atoms with van der Waals surface area (Å²) in [4.78, 5) is -0.0588. The van der Waals surface area contributed by atoms with E-state index in [9.17, 15) is 21.4 Å². The van der Waals surface area contributed by atoms with E-state index < -0.39 is 20.3 Å². The molecule has 9 heteroatoms. The molecule has 1 heterocycles. The van der Waals surface area contributed by atoms with Gasteiger partial charge in [-0.15, -0.1) is 0 Å². The third-order valence-corrected chi connectivity index (χ3v) is 7.26. The van der Waals surface area contributed by atoms with Crippen molar-refractivity contribution in [2.75, 3.05) is 27.2 Å². The quantitative estimate of drug-likeness (QED) is 0.782. The highest BCUT2D eigenvalue weighted by Crippen LogP contribution is 2.27. The van der Waals surface area contributed by atoms with Gasteiger partial charge in [0.25, 0.3) is 20.3 Å². The van der Waals surface area contributed by atoms with Crippen LogP contribution in [0.2, 0.25) is 0 Å². The van der Waals surface area contributed by atoms with E-state index in [0.29, 0.717) is 37.9 Å². The minimum Gasteiger partial charge on any atom is -0.282 e. The van der Waals surface area contributed by atoms with E-state index in [-0.39, 0.29) is 10.8 Å². The zero-order valence-corrected chi connectivity index (χ0v) is 15.8. The lowest BCUT2D eigenvalue weighted by Crippen LogP contribution is -2.44. The molecule has 1 N–H and O–H groups in total. The third kappa shape index (κ3) is 4.34. The molecule has 0 saturated carbocycles. The second-order valence-corrected chi connectivity index (χ2v) is 9.96. The summed E-state index contributed by atoms with van der Waals surface area (Å²) in [6.45, 7) is 2.69. The van der Waals surface area contributed by atoms with Crippen LogP contribution >= 0.6 is 0 Å². The van der Waals surface area contributed by atoms with Crippen LogP contribution in [-0.4, -0.2) is 57.2 Å². The van der Waals surface area contributed by atoms with Gasteiger partial charge >= 0.3 is 0 Å². The molecule has 1 aromatic rings. The molecule has 0 aromatic heterocycles. The lowest BCUT2D eigenvalue weighted by atomic mass is 9.90. The molecule has 136 valence electrons. The Bertz CT molecular complexity index is 795. The largest absolute Gasteiger partial charge is 0.294 e. The summed E-state index contributed by atoms with van der Waals surface area (Å²) in [6, 6.07) is 4.84. The minimum atomic E-state index is -4.26. The summed E-state index contributed by atoms with van der Waals surface area (Å²) in [7, 11) is -4.65. The van der Waals surface area contributed by atoms with Gasteiger partial charge in [-0.1, -0.05) is 17.7 Å². The summed E-state index contributed by atoms with van der Waals surface area (Å²) >= 11 is 0. The summed E-state index contributed by atoms with van der Waals surface area (Å²) in [5.41, 5.74) is 1.51. The van der Waals surface area contributed by atoms with Crippen LogP contribution in [0.1, 0.15) is 24.0 Å². The Balaban J connectivity index is 2.12. The molecule has 0 atom stereocenters. The average Bonchev–Trinajstić information content (AvgIpc) is 2.46. The maximum atomic E-state index is 12.1. The fraction of sp³-hybridized carbons (Fsp3) is 0.600. The molecule has 1 saturated heterocycles. The Morgan fingerprint density at radius 2 is 1.75 bits per heavy atom. The number of benzene rings is 1. The van der Waals surface area contributed by atoms with Crippen LogP contribution in [-0.2, 0) is 26.7 Å². The van der Waals surface area contributed by atoms with Gasteiger partial charge in [0.05, 0.1) is 4.90 Å². The third-order valence-electron chi connectivity index (χ3n) is 4.36. The van der Waals surface area contributed by atoms with Crippen LogP contribution in [0, 0.1) is 12.8 Å². The van der Waals surface area contributed by atoms with Crippen molar-refractivity contribution >= 4 is 20.3 Å². The Kier molecular flexibility index (Phi) is 5.71. The molecule has 2 rings (SSSR count). The monoisotopic (exact) mass is 376 g/mol. The number of hydrogen-bond donors (Lipinski definition) is 1. The number of piperidine rings is 1. The molecule has 1 aromatic carbocycles. The Hall–Kier alpha value is -1.00. The van der Waals surface area contributed by atoms with Crippen molar-refractivity contribution in [1.29, 1.82) is 0 Å². The highest BCUT2D eigenvalue weighted by atomic mass is 32.2. The SMILES string of the molecule is Cc1ccc(S(=O)(=O)O)c(CC2CCN(S(=O)(=O)N(C)C)CC2)c1. The fourth-order valence-corrected chi connectivity index (χ4v) is 4.85. The average molecular weight is 377 g/mol. The van der Waals surface area contributed by atoms with Gasteiger partial charge in [0, 0.05) is 27.2 Å². The molecular weight excluding hydrogens is 352 g/mol. The van der Waals surface area contributed by atoms with E-state index in [4.69, 9.17) is 0 Å². The van der Waals surface area contributed by atoms with Crippen molar-refractivity contribution in [1.82, 2.24) is 8.61 Å². The maximum absolute atomic E-state index is 12.1. The van der Waals surface area contributed by atoms with Crippen LogP contribution in [0.3, 0.4) is 0 Å². The molecule has 24 heavy (non-hydrogen) atoms. The Labute approximate surface area is 144 Å². The van der Waals surface area contributed by atoms with Crippen LogP contribution in [0.5, 0.6) is 0 Å². The van der Waals surface area contributed by atoms with Gasteiger partial charge in [0.15, 0.2) is 0 Å². The predicted molar refractivity (Wildman–Crippen MR) is 91.6 cm³/mol. The molecule has 0 bridgehead atoms. The number of nitrogens with zero attached hydrogens (tertiary/aromatic N) is 2. The van der Waals surface area contributed by atoms with Gasteiger partial charge in [-0.05, 0) is 43.7 Å². The second-order valence-electron chi connectivity index (χ2n) is 6.42. The zero-order valence-electron chi connectivity index (χ0n) is 14.1. The van der Waals surface area contributed by atoms with E-state index in [1.165, 1.54) is 28.8 Å². The van der Waals surface area contributed by atoms with Crippen molar-refractivity contribution in [3.8, 4) is 0 Å². The summed E-state index contributed by atoms with van der Waals surface area (Å²) in [6.07, 6.45) is 1.82. The predicted octanol–water partition coefficient (Wildman–Crippen LogP) is 1.30. The van der Waals surface area contributed by atoms with Gasteiger partial charge in [-0.2, -0.15) is 25.4 Å². The maximum Gasteiger partial charge on any atom is 0.294 e. The lowest BCUT2D eigenvalue weighted by Gasteiger charge is -2.33. The molecule has 1 aliphatic heterocycles. The molecule has 0 aliphatic carbocycles. The van der Waals surface area contributed by atoms with Crippen molar-refractivity contribution in [2.45, 2.75) is 31.1 Å². The molecule has 0 unspecified atom stereocenters. The highest BCUT2D eigenvalue weighted by molar-refractivity contribution is 7.86. The number of aryl methyl sites for hydroxylation is 1. The van der Waals surface area contributed by atoms with E-state index in [0.717, 1.165) is 5.56 Å². The number of hydrogen-bond acceptors (Lipinski definition) is 4. The molecule has 7 nitrogen and oxygen atoms in total. The molecular formula is C15H24N2O5S2. The molecule has 1 fully saturated rings. The first-order chi connectivity index (χ1) is 11.0. The van der Waals surface area contributed by atoms with Gasteiger partial charge in [-0.25, -0.2) is 0 Å². The van der Waals surface area contributed by atoms with Crippen LogP contribution in [0.15, 0.2) is 23.1 Å². The number of rotatable bonds is 5. The standard InChI is InChI=1S/C15H24N2O5S2/c1-12-4-5-15(23(18,19)20)14(10-12)11-13-6-8-17(9-7-13)24(21,22)16(2)3/h4-5,10,13H,6-9,11H2,1-3H3,(H,18,19,20). The van der Waals surface area contributed by atoms with Crippen molar-refractivity contribution in [3.05, 3.63) is 29.3 Å². The van der Waals surface area contributed by atoms with Gasteiger partial charge in [0.1, 0.15) is 0 Å². The highest BCUT2D eigenvalue weighted by Gasteiger charge is 2.30. The zero-order chi connectivity index (χ0) is 18.1. The van der Waals surface area contributed by atoms with Gasteiger partial charge in [0.2, 0.25) is 0 Å². The molecule has 0 spiro atoms. The van der Waals surface area contributed by atoms with E-state index in [1.807, 2.05) is 6.92 Å². The summed E-state index contributed by atoms with van der Waals surface area (Å²) in [5.74, 6) is 0.181. The first-order valence-electron chi connectivity index (χ1n) is 7.76. The van der Waals surface area contributed by atoms with Crippen molar-refractivity contribution < 1.29 is 21.4 Å². The van der Waals surface area contributed by atoms with Gasteiger partial charge < -0.3 is 0 Å². The lowest BCUT2D eigenvalue weighted by molar-refractivity contribution is 0.261. The van der Waals surface area contributed by atoms with Gasteiger partial charge in [-0.3, -0.25) is 4.55 Å². The second kappa shape index (κ2) is 7.09. The smallest absolute Gasteiger partial charge is 0.282 e. The minimum absolute atomic E-state index is 0.0588. The van der Waals surface area contributed by atoms with Crippen LogP contribution in [0.25, 0.3) is 0 Å². The first kappa shape index (κ1) is 19.3. The normalized spacial score (nSPS) is 18.2. The van der Waals surface area contributed by atoms with E-state index in [1.54, 1.807) is 12.1 Å². The van der Waals surface area contributed by atoms with Crippen LogP contribution < -0.4 is 0 Å². The van der Waals surface area contributed by atoms with Crippen molar-refractivity contribution in [2.24, 2.45) is 5.92 Å². The molecule has 0 radical (unpaired) electrons. The molecule has 0 amide bonds. The molecule has 1 aliphatic rings. The summed E-state index contributed by atoms with van der Waals surface area (Å²) < 4.78 is 59.3. The Morgan fingerprint density at radius 3 is 2.25 bits per heavy atom. The van der Waals surface area contributed by atoms with Crippen LogP contribution in [0.4, 0.5) is 0 Å². The van der Waals surface area contributed by atoms with E-state index >= 15 is 0 Å². The topological polar surface area (TPSA) is 95.0 Å². The fourth-order valence-electron chi connectivity index (χ4n) is 3.01.